The molecule has 0 spiro atoms. The molecule has 1 atom stereocenters. The van der Waals surface area contributed by atoms with Crippen LogP contribution in [0, 0.1) is 0 Å². The average molecular weight is 418 g/mol. The molecule has 1 N–H and O–H groups in total. The number of anilines is 2. The van der Waals surface area contributed by atoms with Crippen molar-refractivity contribution >= 4 is 34.4 Å². The van der Waals surface area contributed by atoms with Crippen molar-refractivity contribution in [2.24, 2.45) is 7.05 Å². The Kier molecular flexibility index (Phi) is 4.65. The highest BCUT2D eigenvalue weighted by Crippen LogP contribution is 2.35. The van der Waals surface area contributed by atoms with Gasteiger partial charge in [0.15, 0.2) is 5.65 Å². The van der Waals surface area contributed by atoms with Crippen LogP contribution < -0.4 is 15.7 Å². The Balaban J connectivity index is 1.49. The lowest BCUT2D eigenvalue weighted by Crippen LogP contribution is -2.35. The summed E-state index contributed by atoms with van der Waals surface area (Å²) in [5, 5.41) is 3.68. The molecule has 0 amide bonds. The first-order valence-corrected chi connectivity index (χ1v) is 9.82. The second-order valence-electron chi connectivity index (χ2n) is 7.09. The number of benzene rings is 1. The van der Waals surface area contributed by atoms with Crippen molar-refractivity contribution < 1.29 is 14.2 Å². The molecule has 1 unspecified atom stereocenters. The van der Waals surface area contributed by atoms with Crippen LogP contribution in [-0.2, 0) is 29.5 Å². The summed E-state index contributed by atoms with van der Waals surface area (Å²) in [6, 6.07) is 3.74. The third-order valence-corrected chi connectivity index (χ3v) is 5.49. The van der Waals surface area contributed by atoms with Crippen LogP contribution in [-0.4, -0.2) is 51.6 Å². The van der Waals surface area contributed by atoms with Crippen LogP contribution in [0.2, 0.25) is 5.02 Å². The van der Waals surface area contributed by atoms with Gasteiger partial charge in [0.05, 0.1) is 56.0 Å². The van der Waals surface area contributed by atoms with Gasteiger partial charge in [0.2, 0.25) is 5.95 Å². The number of fused-ring (bicyclic) bond motifs is 2. The fourth-order valence-electron chi connectivity index (χ4n) is 3.66. The molecule has 0 radical (unpaired) electrons. The zero-order valence-electron chi connectivity index (χ0n) is 15.9. The van der Waals surface area contributed by atoms with Gasteiger partial charge in [-0.3, -0.25) is 9.13 Å². The van der Waals surface area contributed by atoms with Crippen molar-refractivity contribution in [3.8, 4) is 5.75 Å². The molecular weight excluding hydrogens is 398 g/mol. The molecule has 2 aliphatic rings. The predicted octanol–water partition coefficient (Wildman–Crippen LogP) is 1.88. The fourth-order valence-corrected chi connectivity index (χ4v) is 3.86. The molecule has 2 aromatic heterocycles. The van der Waals surface area contributed by atoms with E-state index >= 15 is 0 Å². The lowest BCUT2D eigenvalue weighted by molar-refractivity contribution is -0.0935. The van der Waals surface area contributed by atoms with E-state index in [1.807, 2.05) is 6.07 Å². The fraction of sp³-hybridized carbons (Fsp3) is 0.421. The van der Waals surface area contributed by atoms with Gasteiger partial charge in [-0.25, -0.2) is 9.78 Å². The van der Waals surface area contributed by atoms with E-state index in [9.17, 15) is 4.79 Å². The molecule has 0 bridgehead atoms. The number of imidazole rings is 1. The summed E-state index contributed by atoms with van der Waals surface area (Å²) < 4.78 is 19.8. The van der Waals surface area contributed by atoms with Crippen LogP contribution in [0.15, 0.2) is 23.1 Å². The summed E-state index contributed by atoms with van der Waals surface area (Å²) in [7, 11) is 1.70. The zero-order chi connectivity index (χ0) is 20.0. The molecular formula is C19H20ClN5O4. The SMILES string of the molecule is Cn1c(=O)n(CC2COCCO2)c2nc(Nc3cc4c(cc3Cl)OCC4)ncc21. The van der Waals surface area contributed by atoms with E-state index in [-0.39, 0.29) is 11.8 Å². The molecule has 29 heavy (non-hydrogen) atoms. The topological polar surface area (TPSA) is 92.4 Å². The molecule has 3 aromatic rings. The quantitative estimate of drug-likeness (QED) is 0.692. The van der Waals surface area contributed by atoms with E-state index < -0.39 is 0 Å². The second kappa shape index (κ2) is 7.33. The van der Waals surface area contributed by atoms with Crippen molar-refractivity contribution in [3.63, 3.8) is 0 Å². The lowest BCUT2D eigenvalue weighted by atomic mass is 10.1. The predicted molar refractivity (Wildman–Crippen MR) is 107 cm³/mol. The van der Waals surface area contributed by atoms with Gasteiger partial charge in [0.25, 0.3) is 0 Å². The van der Waals surface area contributed by atoms with E-state index in [1.54, 1.807) is 23.9 Å². The summed E-state index contributed by atoms with van der Waals surface area (Å²) in [6.07, 6.45) is 2.28. The smallest absolute Gasteiger partial charge is 0.330 e. The minimum atomic E-state index is -0.190. The first-order chi connectivity index (χ1) is 14.1. The van der Waals surface area contributed by atoms with Crippen molar-refractivity contribution in [2.45, 2.75) is 19.1 Å². The first-order valence-electron chi connectivity index (χ1n) is 9.44. The molecule has 5 rings (SSSR count). The van der Waals surface area contributed by atoms with Gasteiger partial charge in [0, 0.05) is 19.5 Å². The number of rotatable bonds is 4. The van der Waals surface area contributed by atoms with E-state index in [4.69, 9.17) is 25.8 Å². The summed E-state index contributed by atoms with van der Waals surface area (Å²) in [5.74, 6) is 1.17. The molecule has 4 heterocycles. The number of nitrogens with one attached hydrogen (secondary N) is 1. The Hall–Kier alpha value is -2.62. The highest BCUT2D eigenvalue weighted by Gasteiger charge is 2.21. The summed E-state index contributed by atoms with van der Waals surface area (Å²) in [4.78, 5) is 21.7. The number of hydrogen-bond donors (Lipinski definition) is 1. The van der Waals surface area contributed by atoms with E-state index in [0.717, 1.165) is 17.7 Å². The van der Waals surface area contributed by atoms with Crippen molar-refractivity contribution in [1.29, 1.82) is 0 Å². The molecule has 9 nitrogen and oxygen atoms in total. The van der Waals surface area contributed by atoms with Crippen LogP contribution in [0.3, 0.4) is 0 Å². The second-order valence-corrected chi connectivity index (χ2v) is 7.49. The number of aryl methyl sites for hydroxylation is 1. The number of aromatic nitrogens is 4. The van der Waals surface area contributed by atoms with Crippen LogP contribution >= 0.6 is 11.6 Å². The summed E-state index contributed by atoms with van der Waals surface area (Å²) in [6.45, 7) is 2.56. The molecule has 0 aliphatic carbocycles. The highest BCUT2D eigenvalue weighted by molar-refractivity contribution is 6.33. The minimum Gasteiger partial charge on any atom is -0.493 e. The number of ether oxygens (including phenoxy) is 3. The largest absolute Gasteiger partial charge is 0.493 e. The zero-order valence-corrected chi connectivity index (χ0v) is 16.6. The van der Waals surface area contributed by atoms with Gasteiger partial charge in [-0.05, 0) is 11.6 Å². The van der Waals surface area contributed by atoms with Crippen LogP contribution in [0.4, 0.5) is 11.6 Å². The van der Waals surface area contributed by atoms with E-state index in [2.05, 4.69) is 15.3 Å². The Morgan fingerprint density at radius 1 is 1.31 bits per heavy atom. The molecule has 2 aliphatic heterocycles. The normalized spacial score (nSPS) is 18.6. The summed E-state index contributed by atoms with van der Waals surface area (Å²) >= 11 is 6.38. The Morgan fingerprint density at radius 3 is 3.03 bits per heavy atom. The molecule has 10 heteroatoms. The third-order valence-electron chi connectivity index (χ3n) is 5.18. The number of halogens is 1. The maximum atomic E-state index is 12.7. The standard InChI is InChI=1S/C19H20ClN5O4/c1-24-15-8-21-18(22-14-6-11-2-3-29-16(11)7-13(14)20)23-17(15)25(19(24)26)9-12-10-27-4-5-28-12/h6-8,12H,2-5,9-10H2,1H3,(H,21,22,23). The van der Waals surface area contributed by atoms with Gasteiger partial charge >= 0.3 is 5.69 Å². The van der Waals surface area contributed by atoms with Gasteiger partial charge < -0.3 is 19.5 Å². The maximum absolute atomic E-state index is 12.7. The van der Waals surface area contributed by atoms with Gasteiger partial charge in [-0.2, -0.15) is 4.98 Å². The first kappa shape index (κ1) is 18.4. The summed E-state index contributed by atoms with van der Waals surface area (Å²) in [5.41, 5.74) is 2.79. The van der Waals surface area contributed by atoms with Crippen LogP contribution in [0.1, 0.15) is 5.56 Å². The Morgan fingerprint density at radius 2 is 2.21 bits per heavy atom. The molecule has 152 valence electrons. The monoisotopic (exact) mass is 417 g/mol. The number of nitrogens with zero attached hydrogens (tertiary/aromatic N) is 4. The molecule has 1 aromatic carbocycles. The average Bonchev–Trinajstić information content (AvgIpc) is 3.27. The Bertz CT molecular complexity index is 1140. The number of hydrogen-bond acceptors (Lipinski definition) is 7. The molecule has 0 saturated carbocycles. The molecule has 1 fully saturated rings. The van der Waals surface area contributed by atoms with Crippen molar-refractivity contribution in [2.75, 3.05) is 31.7 Å². The van der Waals surface area contributed by atoms with Crippen LogP contribution in [0.25, 0.3) is 11.2 Å². The van der Waals surface area contributed by atoms with Crippen LogP contribution in [0.5, 0.6) is 5.75 Å². The lowest BCUT2D eigenvalue weighted by Gasteiger charge is -2.22. The Labute approximate surface area is 171 Å². The minimum absolute atomic E-state index is 0.173. The maximum Gasteiger partial charge on any atom is 0.330 e. The third kappa shape index (κ3) is 3.35. The molecule has 1 saturated heterocycles. The van der Waals surface area contributed by atoms with E-state index in [1.165, 1.54) is 4.57 Å². The van der Waals surface area contributed by atoms with Gasteiger partial charge in [-0.15, -0.1) is 0 Å². The van der Waals surface area contributed by atoms with Gasteiger partial charge in [0.1, 0.15) is 11.3 Å². The highest BCUT2D eigenvalue weighted by atomic mass is 35.5. The van der Waals surface area contributed by atoms with Crippen molar-refractivity contribution in [1.82, 2.24) is 19.1 Å². The van der Waals surface area contributed by atoms with Gasteiger partial charge in [-0.1, -0.05) is 11.6 Å². The van der Waals surface area contributed by atoms with Crippen molar-refractivity contribution in [3.05, 3.63) is 39.4 Å². The van der Waals surface area contributed by atoms with E-state index in [0.29, 0.717) is 60.8 Å².